The first-order chi connectivity index (χ1) is 8.20. The highest BCUT2D eigenvalue weighted by molar-refractivity contribution is 5.76. The first-order valence-electron chi connectivity index (χ1n) is 6.35. The van der Waals surface area contributed by atoms with Crippen molar-refractivity contribution in [1.82, 2.24) is 0 Å². The molecule has 0 aromatic heterocycles. The van der Waals surface area contributed by atoms with Crippen LogP contribution < -0.4 is 15.4 Å². The second-order valence-corrected chi connectivity index (χ2v) is 5.14. The molecule has 1 aliphatic heterocycles. The monoisotopic (exact) mass is 234 g/mol. The van der Waals surface area contributed by atoms with Crippen molar-refractivity contribution in [3.63, 3.8) is 0 Å². The Labute approximate surface area is 104 Å². The van der Waals surface area contributed by atoms with Gasteiger partial charge >= 0.3 is 0 Å². The van der Waals surface area contributed by atoms with Gasteiger partial charge in [0.2, 0.25) is 0 Å². The van der Waals surface area contributed by atoms with Crippen LogP contribution in [0.4, 0.5) is 11.4 Å². The predicted molar refractivity (Wildman–Crippen MR) is 72.9 cm³/mol. The minimum Gasteiger partial charge on any atom is -0.495 e. The fourth-order valence-corrected chi connectivity index (χ4v) is 2.44. The summed E-state index contributed by atoms with van der Waals surface area (Å²) in [7, 11) is 1.72. The largest absolute Gasteiger partial charge is 0.495 e. The fourth-order valence-electron chi connectivity index (χ4n) is 2.44. The van der Waals surface area contributed by atoms with Gasteiger partial charge in [-0.05, 0) is 30.4 Å². The first kappa shape index (κ1) is 12.1. The molecule has 0 saturated carbocycles. The van der Waals surface area contributed by atoms with Gasteiger partial charge < -0.3 is 15.4 Å². The summed E-state index contributed by atoms with van der Waals surface area (Å²) in [6.07, 6.45) is 1.25. The van der Waals surface area contributed by atoms with Crippen LogP contribution in [0.5, 0.6) is 5.75 Å². The molecule has 1 heterocycles. The molecule has 3 heteroatoms. The molecule has 0 amide bonds. The van der Waals surface area contributed by atoms with E-state index in [1.54, 1.807) is 7.11 Å². The SMILES string of the molecule is COc1cccc2c1NCC(CC(C)C)CN2. The van der Waals surface area contributed by atoms with Gasteiger partial charge in [0.1, 0.15) is 11.4 Å². The van der Waals surface area contributed by atoms with Gasteiger partial charge in [0.05, 0.1) is 12.8 Å². The van der Waals surface area contributed by atoms with Gasteiger partial charge in [-0.15, -0.1) is 0 Å². The molecule has 2 rings (SSSR count). The van der Waals surface area contributed by atoms with E-state index in [4.69, 9.17) is 4.74 Å². The molecule has 0 spiro atoms. The summed E-state index contributed by atoms with van der Waals surface area (Å²) in [5.74, 6) is 2.33. The van der Waals surface area contributed by atoms with Gasteiger partial charge in [-0.2, -0.15) is 0 Å². The number of hydrogen-bond acceptors (Lipinski definition) is 3. The van der Waals surface area contributed by atoms with Crippen molar-refractivity contribution in [2.75, 3.05) is 30.8 Å². The third kappa shape index (κ3) is 2.84. The zero-order chi connectivity index (χ0) is 12.3. The molecule has 2 N–H and O–H groups in total. The lowest BCUT2D eigenvalue weighted by Gasteiger charge is -2.16. The van der Waals surface area contributed by atoms with E-state index >= 15 is 0 Å². The van der Waals surface area contributed by atoms with Gasteiger partial charge in [0.15, 0.2) is 0 Å². The number of benzene rings is 1. The number of para-hydroxylation sites is 1. The van der Waals surface area contributed by atoms with Gasteiger partial charge in [-0.25, -0.2) is 0 Å². The zero-order valence-corrected chi connectivity index (χ0v) is 10.9. The molecule has 17 heavy (non-hydrogen) atoms. The molecule has 1 aromatic carbocycles. The second kappa shape index (κ2) is 5.30. The third-order valence-electron chi connectivity index (χ3n) is 3.20. The van der Waals surface area contributed by atoms with Crippen LogP contribution in [-0.2, 0) is 0 Å². The Bertz CT molecular complexity index is 376. The van der Waals surface area contributed by atoms with Crippen LogP contribution in [-0.4, -0.2) is 20.2 Å². The van der Waals surface area contributed by atoms with Gasteiger partial charge in [-0.1, -0.05) is 19.9 Å². The number of fused-ring (bicyclic) bond motifs is 1. The van der Waals surface area contributed by atoms with E-state index in [0.29, 0.717) is 5.92 Å². The summed E-state index contributed by atoms with van der Waals surface area (Å²) in [5.41, 5.74) is 2.25. The van der Waals surface area contributed by atoms with Gasteiger partial charge in [0, 0.05) is 13.1 Å². The molecular weight excluding hydrogens is 212 g/mol. The molecule has 0 saturated heterocycles. The minimum absolute atomic E-state index is 0.673. The normalized spacial score (nSPS) is 18.9. The maximum atomic E-state index is 5.38. The fraction of sp³-hybridized carbons (Fsp3) is 0.571. The first-order valence-corrected chi connectivity index (χ1v) is 6.35. The van der Waals surface area contributed by atoms with E-state index in [1.165, 1.54) is 6.42 Å². The Morgan fingerprint density at radius 2 is 2.06 bits per heavy atom. The Hall–Kier alpha value is -1.38. The highest BCUT2D eigenvalue weighted by Crippen LogP contribution is 2.34. The number of anilines is 2. The van der Waals surface area contributed by atoms with E-state index in [2.05, 4.69) is 30.5 Å². The summed E-state index contributed by atoms with van der Waals surface area (Å²) in [4.78, 5) is 0. The Kier molecular flexibility index (Phi) is 3.77. The standard InChI is InChI=1S/C14H22N2O/c1-10(2)7-11-8-15-12-5-4-6-13(17-3)14(12)16-9-11/h4-6,10-11,15-16H,7-9H2,1-3H3. The Balaban J connectivity index is 2.12. The predicted octanol–water partition coefficient (Wildman–Crippen LogP) is 3.19. The molecule has 0 fully saturated rings. The van der Waals surface area contributed by atoms with Crippen LogP contribution in [0.15, 0.2) is 18.2 Å². The van der Waals surface area contributed by atoms with Crippen LogP contribution in [0.1, 0.15) is 20.3 Å². The molecule has 1 unspecified atom stereocenters. The van der Waals surface area contributed by atoms with Crippen molar-refractivity contribution < 1.29 is 4.74 Å². The van der Waals surface area contributed by atoms with Crippen LogP contribution in [0.2, 0.25) is 0 Å². The van der Waals surface area contributed by atoms with Gasteiger partial charge in [0.25, 0.3) is 0 Å². The van der Waals surface area contributed by atoms with Crippen LogP contribution in [0, 0.1) is 11.8 Å². The average molecular weight is 234 g/mol. The van der Waals surface area contributed by atoms with Crippen LogP contribution >= 0.6 is 0 Å². The van der Waals surface area contributed by atoms with Crippen LogP contribution in [0.25, 0.3) is 0 Å². The topological polar surface area (TPSA) is 33.3 Å². The third-order valence-corrected chi connectivity index (χ3v) is 3.20. The minimum atomic E-state index is 0.673. The number of hydrogen-bond donors (Lipinski definition) is 2. The molecule has 1 atom stereocenters. The van der Waals surface area contributed by atoms with Crippen molar-refractivity contribution in [1.29, 1.82) is 0 Å². The average Bonchev–Trinajstić information content (AvgIpc) is 2.51. The lowest BCUT2D eigenvalue weighted by molar-refractivity contribution is 0.415. The maximum absolute atomic E-state index is 5.38. The quantitative estimate of drug-likeness (QED) is 0.842. The highest BCUT2D eigenvalue weighted by Gasteiger charge is 2.18. The molecule has 1 aromatic rings. The van der Waals surface area contributed by atoms with Gasteiger partial charge in [-0.3, -0.25) is 0 Å². The lowest BCUT2D eigenvalue weighted by Crippen LogP contribution is -2.20. The molecule has 3 nitrogen and oxygen atoms in total. The van der Waals surface area contributed by atoms with Crippen molar-refractivity contribution in [2.24, 2.45) is 11.8 Å². The summed E-state index contributed by atoms with van der Waals surface area (Å²) in [6.45, 7) is 6.60. The van der Waals surface area contributed by atoms with E-state index < -0.39 is 0 Å². The molecule has 0 radical (unpaired) electrons. The Morgan fingerprint density at radius 3 is 2.76 bits per heavy atom. The lowest BCUT2D eigenvalue weighted by atomic mass is 9.97. The van der Waals surface area contributed by atoms with Crippen molar-refractivity contribution >= 4 is 11.4 Å². The van der Waals surface area contributed by atoms with Crippen molar-refractivity contribution in [3.8, 4) is 5.75 Å². The number of methoxy groups -OCH3 is 1. The molecule has 0 aliphatic carbocycles. The smallest absolute Gasteiger partial charge is 0.144 e. The maximum Gasteiger partial charge on any atom is 0.144 e. The van der Waals surface area contributed by atoms with Crippen molar-refractivity contribution in [3.05, 3.63) is 18.2 Å². The zero-order valence-electron chi connectivity index (χ0n) is 10.9. The summed E-state index contributed by atoms with van der Waals surface area (Å²) in [6, 6.07) is 6.12. The number of rotatable bonds is 3. The summed E-state index contributed by atoms with van der Waals surface area (Å²) in [5, 5.41) is 7.03. The number of ether oxygens (including phenoxy) is 1. The van der Waals surface area contributed by atoms with E-state index in [0.717, 1.165) is 36.1 Å². The highest BCUT2D eigenvalue weighted by atomic mass is 16.5. The Morgan fingerprint density at radius 1 is 1.29 bits per heavy atom. The molecule has 1 aliphatic rings. The number of nitrogens with one attached hydrogen (secondary N) is 2. The summed E-state index contributed by atoms with van der Waals surface area (Å²) >= 11 is 0. The van der Waals surface area contributed by atoms with Crippen LogP contribution in [0.3, 0.4) is 0 Å². The van der Waals surface area contributed by atoms with E-state index in [-0.39, 0.29) is 0 Å². The van der Waals surface area contributed by atoms with Crippen molar-refractivity contribution in [2.45, 2.75) is 20.3 Å². The molecular formula is C14H22N2O. The van der Waals surface area contributed by atoms with E-state index in [1.807, 2.05) is 12.1 Å². The summed E-state index contributed by atoms with van der Waals surface area (Å²) < 4.78 is 5.38. The second-order valence-electron chi connectivity index (χ2n) is 5.14. The molecule has 94 valence electrons. The van der Waals surface area contributed by atoms with E-state index in [9.17, 15) is 0 Å². The molecule has 0 bridgehead atoms.